The normalized spacial score (nSPS) is 31.7. The minimum atomic E-state index is -0.219. The second-order valence-electron chi connectivity index (χ2n) is 6.74. The average molecular weight is 280 g/mol. The zero-order valence-corrected chi connectivity index (χ0v) is 13.3. The second-order valence-corrected chi connectivity index (χ2v) is 7.15. The molecule has 1 aromatic carbocycles. The van der Waals surface area contributed by atoms with Crippen LogP contribution in [0.4, 0.5) is 0 Å². The molecule has 0 aromatic heterocycles. The van der Waals surface area contributed by atoms with Crippen molar-refractivity contribution >= 4 is 11.6 Å². The number of halogens is 1. The number of hydrogen-bond donors (Lipinski definition) is 1. The molecular formula is C17H26ClN. The average Bonchev–Trinajstić information content (AvgIpc) is 2.31. The zero-order chi connectivity index (χ0) is 14.2. The molecule has 0 radical (unpaired) electrons. The molecule has 0 aliphatic heterocycles. The number of aryl methyl sites for hydroxylation is 1. The summed E-state index contributed by atoms with van der Waals surface area (Å²) in [6.45, 7) is 8.93. The predicted molar refractivity (Wildman–Crippen MR) is 83.4 cm³/mol. The van der Waals surface area contributed by atoms with Crippen LogP contribution in [0, 0.1) is 24.7 Å². The molecule has 2 rings (SSSR count). The third-order valence-electron chi connectivity index (χ3n) is 4.83. The summed E-state index contributed by atoms with van der Waals surface area (Å²) in [5.74, 6) is 1.85. The topological polar surface area (TPSA) is 26.0 Å². The lowest BCUT2D eigenvalue weighted by Crippen LogP contribution is -2.50. The molecule has 1 fully saturated rings. The molecule has 1 saturated carbocycles. The Bertz CT molecular complexity index is 455. The van der Waals surface area contributed by atoms with E-state index in [-0.39, 0.29) is 5.54 Å². The van der Waals surface area contributed by atoms with Gasteiger partial charge in [0.2, 0.25) is 0 Å². The fourth-order valence-electron chi connectivity index (χ4n) is 3.69. The van der Waals surface area contributed by atoms with Crippen molar-refractivity contribution in [1.82, 2.24) is 0 Å². The molecule has 1 nitrogen and oxygen atoms in total. The molecule has 0 saturated heterocycles. The van der Waals surface area contributed by atoms with Crippen LogP contribution in [0.3, 0.4) is 0 Å². The molecule has 0 amide bonds. The lowest BCUT2D eigenvalue weighted by atomic mass is 9.63. The van der Waals surface area contributed by atoms with Gasteiger partial charge >= 0.3 is 0 Å². The van der Waals surface area contributed by atoms with E-state index >= 15 is 0 Å². The highest BCUT2D eigenvalue weighted by Gasteiger charge is 2.42. The van der Waals surface area contributed by atoms with Crippen LogP contribution in [-0.2, 0) is 5.54 Å². The first-order valence-corrected chi connectivity index (χ1v) is 7.78. The fourth-order valence-corrected chi connectivity index (χ4v) is 3.87. The van der Waals surface area contributed by atoms with E-state index in [1.807, 2.05) is 6.92 Å². The summed E-state index contributed by atoms with van der Waals surface area (Å²) in [5.41, 5.74) is 9.00. The summed E-state index contributed by atoms with van der Waals surface area (Å²) >= 11 is 6.30. The molecule has 2 heteroatoms. The highest BCUT2D eigenvalue weighted by molar-refractivity contribution is 6.31. The molecule has 0 heterocycles. The van der Waals surface area contributed by atoms with Gasteiger partial charge in [-0.25, -0.2) is 0 Å². The summed E-state index contributed by atoms with van der Waals surface area (Å²) in [4.78, 5) is 0. The largest absolute Gasteiger partial charge is 0.321 e. The molecule has 1 aliphatic rings. The Morgan fingerprint density at radius 1 is 1.32 bits per heavy atom. The van der Waals surface area contributed by atoms with Crippen molar-refractivity contribution < 1.29 is 0 Å². The third-order valence-corrected chi connectivity index (χ3v) is 5.24. The Morgan fingerprint density at radius 2 is 2.00 bits per heavy atom. The minimum Gasteiger partial charge on any atom is -0.321 e. The molecule has 1 aliphatic carbocycles. The van der Waals surface area contributed by atoms with Crippen LogP contribution in [0.25, 0.3) is 0 Å². The first kappa shape index (κ1) is 14.9. The maximum atomic E-state index is 6.88. The lowest BCUT2D eigenvalue weighted by Gasteiger charge is -2.46. The molecule has 19 heavy (non-hydrogen) atoms. The molecule has 106 valence electrons. The van der Waals surface area contributed by atoms with Crippen LogP contribution in [-0.4, -0.2) is 0 Å². The Kier molecular flexibility index (Phi) is 4.27. The smallest absolute Gasteiger partial charge is 0.0443 e. The Labute approximate surface area is 122 Å². The Balaban J connectivity index is 2.43. The van der Waals surface area contributed by atoms with Crippen molar-refractivity contribution in [2.24, 2.45) is 23.5 Å². The van der Waals surface area contributed by atoms with E-state index in [0.29, 0.717) is 17.8 Å². The van der Waals surface area contributed by atoms with Gasteiger partial charge in [-0.1, -0.05) is 50.9 Å². The number of rotatable bonds is 2. The van der Waals surface area contributed by atoms with Crippen LogP contribution in [0.1, 0.15) is 51.2 Å². The number of benzene rings is 1. The van der Waals surface area contributed by atoms with Crippen molar-refractivity contribution in [2.45, 2.75) is 52.5 Å². The molecule has 3 unspecified atom stereocenters. The van der Waals surface area contributed by atoms with Crippen LogP contribution >= 0.6 is 11.6 Å². The van der Waals surface area contributed by atoms with Crippen LogP contribution in [0.5, 0.6) is 0 Å². The monoisotopic (exact) mass is 279 g/mol. The van der Waals surface area contributed by atoms with E-state index in [1.54, 1.807) is 0 Å². The molecule has 0 bridgehead atoms. The molecule has 0 spiro atoms. The van der Waals surface area contributed by atoms with Crippen LogP contribution in [0.15, 0.2) is 18.2 Å². The van der Waals surface area contributed by atoms with Gasteiger partial charge in [-0.05, 0) is 54.7 Å². The number of nitrogens with two attached hydrogens (primary N) is 1. The van der Waals surface area contributed by atoms with Gasteiger partial charge in [-0.3, -0.25) is 0 Å². The van der Waals surface area contributed by atoms with Gasteiger partial charge in [0.15, 0.2) is 0 Å². The fraction of sp³-hybridized carbons (Fsp3) is 0.647. The van der Waals surface area contributed by atoms with Gasteiger partial charge in [0.1, 0.15) is 0 Å². The van der Waals surface area contributed by atoms with Crippen molar-refractivity contribution in [2.75, 3.05) is 0 Å². The van der Waals surface area contributed by atoms with E-state index in [1.165, 1.54) is 18.4 Å². The molecule has 2 N–H and O–H groups in total. The standard InChI is InChI=1S/C17H26ClN/c1-11(2)15-8-5-12(3)10-17(15,19)14-7-6-13(4)16(18)9-14/h6-7,9,11-12,15H,5,8,10,19H2,1-4H3. The Morgan fingerprint density at radius 3 is 2.58 bits per heavy atom. The number of hydrogen-bond acceptors (Lipinski definition) is 1. The maximum Gasteiger partial charge on any atom is 0.0443 e. The highest BCUT2D eigenvalue weighted by atomic mass is 35.5. The SMILES string of the molecule is Cc1ccc(C2(N)CC(C)CCC2C(C)C)cc1Cl. The summed E-state index contributed by atoms with van der Waals surface area (Å²) in [5, 5.41) is 0.836. The first-order chi connectivity index (χ1) is 8.84. The van der Waals surface area contributed by atoms with Gasteiger partial charge in [0, 0.05) is 10.6 Å². The second kappa shape index (κ2) is 5.46. The van der Waals surface area contributed by atoms with Crippen molar-refractivity contribution in [3.8, 4) is 0 Å². The quantitative estimate of drug-likeness (QED) is 0.819. The van der Waals surface area contributed by atoms with Gasteiger partial charge in [0.25, 0.3) is 0 Å². The van der Waals surface area contributed by atoms with Gasteiger partial charge in [-0.15, -0.1) is 0 Å². The zero-order valence-electron chi connectivity index (χ0n) is 12.5. The van der Waals surface area contributed by atoms with E-state index in [0.717, 1.165) is 17.0 Å². The van der Waals surface area contributed by atoms with Crippen LogP contribution < -0.4 is 5.73 Å². The summed E-state index contributed by atoms with van der Waals surface area (Å²) in [6, 6.07) is 6.36. The van der Waals surface area contributed by atoms with Gasteiger partial charge < -0.3 is 5.73 Å². The van der Waals surface area contributed by atoms with E-state index in [9.17, 15) is 0 Å². The first-order valence-electron chi connectivity index (χ1n) is 7.40. The summed E-state index contributed by atoms with van der Waals surface area (Å²) in [6.07, 6.45) is 3.58. The predicted octanol–water partition coefficient (Wildman–Crippen LogP) is 4.89. The van der Waals surface area contributed by atoms with Crippen LogP contribution in [0.2, 0.25) is 5.02 Å². The van der Waals surface area contributed by atoms with Gasteiger partial charge in [0.05, 0.1) is 0 Å². The van der Waals surface area contributed by atoms with E-state index in [4.69, 9.17) is 17.3 Å². The molecule has 1 aromatic rings. The van der Waals surface area contributed by atoms with E-state index < -0.39 is 0 Å². The molecular weight excluding hydrogens is 254 g/mol. The Hall–Kier alpha value is -0.530. The summed E-state index contributed by atoms with van der Waals surface area (Å²) < 4.78 is 0. The lowest BCUT2D eigenvalue weighted by molar-refractivity contribution is 0.108. The van der Waals surface area contributed by atoms with E-state index in [2.05, 4.69) is 39.0 Å². The minimum absolute atomic E-state index is 0.219. The van der Waals surface area contributed by atoms with Crippen molar-refractivity contribution in [3.63, 3.8) is 0 Å². The highest BCUT2D eigenvalue weighted by Crippen LogP contribution is 2.46. The summed E-state index contributed by atoms with van der Waals surface area (Å²) in [7, 11) is 0. The maximum absolute atomic E-state index is 6.88. The van der Waals surface area contributed by atoms with Gasteiger partial charge in [-0.2, -0.15) is 0 Å². The molecule has 3 atom stereocenters. The third kappa shape index (κ3) is 2.83. The van der Waals surface area contributed by atoms with Crippen molar-refractivity contribution in [1.29, 1.82) is 0 Å². The van der Waals surface area contributed by atoms with Crippen molar-refractivity contribution in [3.05, 3.63) is 34.3 Å².